The quantitative estimate of drug-likeness (QED) is 0.781. The summed E-state index contributed by atoms with van der Waals surface area (Å²) < 4.78 is 0. The Morgan fingerprint density at radius 3 is 2.57 bits per heavy atom. The monoisotopic (exact) mass is 213 g/mol. The van der Waals surface area contributed by atoms with Gasteiger partial charge in [0.05, 0.1) is 0 Å². The predicted octanol–water partition coefficient (Wildman–Crippen LogP) is 3.12. The normalized spacial score (nSPS) is 11.4. The molecule has 1 rings (SSSR count). The maximum absolute atomic E-state index is 5.70. The Bertz CT molecular complexity index is 297. The van der Waals surface area contributed by atoms with Crippen LogP contribution >= 0.6 is 11.6 Å². The number of nitrogens with zero attached hydrogens (tertiary/aromatic N) is 2. The molecule has 0 aliphatic heterocycles. The topological polar surface area (TPSA) is 37.8 Å². The number of aromatic nitrogens is 2. The lowest BCUT2D eigenvalue weighted by Gasteiger charge is -2.28. The minimum atomic E-state index is 0.0810. The second-order valence-corrected chi connectivity index (χ2v) is 3.94. The van der Waals surface area contributed by atoms with Crippen LogP contribution in [0.1, 0.15) is 33.6 Å². The molecule has 14 heavy (non-hydrogen) atoms. The molecule has 3 nitrogen and oxygen atoms in total. The minimum Gasteiger partial charge on any atom is -0.365 e. The molecular weight excluding hydrogens is 198 g/mol. The van der Waals surface area contributed by atoms with Gasteiger partial charge in [-0.05, 0) is 37.4 Å². The summed E-state index contributed by atoms with van der Waals surface area (Å²) in [6.07, 6.45) is 3.75. The molecule has 0 aromatic carbocycles. The van der Waals surface area contributed by atoms with Gasteiger partial charge in [-0.2, -0.15) is 0 Å². The van der Waals surface area contributed by atoms with Crippen LogP contribution in [0, 0.1) is 0 Å². The average molecular weight is 214 g/mol. The van der Waals surface area contributed by atoms with Crippen LogP contribution in [0.15, 0.2) is 12.3 Å². The molecule has 0 saturated heterocycles. The molecule has 1 aromatic heterocycles. The van der Waals surface area contributed by atoms with E-state index in [9.17, 15) is 0 Å². The van der Waals surface area contributed by atoms with Crippen LogP contribution < -0.4 is 5.32 Å². The second kappa shape index (κ2) is 4.60. The smallest absolute Gasteiger partial charge is 0.224 e. The Hall–Kier alpha value is -0.830. The van der Waals surface area contributed by atoms with E-state index < -0.39 is 0 Å². The maximum atomic E-state index is 5.70. The summed E-state index contributed by atoms with van der Waals surface area (Å²) in [6, 6.07) is 1.83. The molecule has 0 bridgehead atoms. The van der Waals surface area contributed by atoms with Crippen molar-refractivity contribution in [2.45, 2.75) is 39.2 Å². The molecule has 1 N–H and O–H groups in total. The van der Waals surface area contributed by atoms with Gasteiger partial charge in [0.25, 0.3) is 0 Å². The molecule has 0 spiro atoms. The van der Waals surface area contributed by atoms with Gasteiger partial charge in [-0.25, -0.2) is 9.97 Å². The largest absolute Gasteiger partial charge is 0.365 e. The highest BCUT2D eigenvalue weighted by Crippen LogP contribution is 2.20. The van der Waals surface area contributed by atoms with Crippen molar-refractivity contribution in [2.75, 3.05) is 5.32 Å². The molecule has 0 aliphatic carbocycles. The molecule has 0 fully saturated rings. The van der Waals surface area contributed by atoms with Gasteiger partial charge in [-0.1, -0.05) is 13.8 Å². The summed E-state index contributed by atoms with van der Waals surface area (Å²) in [6.45, 7) is 6.47. The lowest BCUT2D eigenvalue weighted by molar-refractivity contribution is 0.476. The molecule has 0 amide bonds. The SMILES string of the molecule is CCC(C)(CC)Nc1ccnc(Cl)n1. The average Bonchev–Trinajstić information content (AvgIpc) is 2.18. The molecule has 1 aromatic rings. The first-order valence-corrected chi connectivity index (χ1v) is 5.24. The van der Waals surface area contributed by atoms with Gasteiger partial charge < -0.3 is 5.32 Å². The zero-order valence-electron chi connectivity index (χ0n) is 8.84. The summed E-state index contributed by atoms with van der Waals surface area (Å²) in [5, 5.41) is 3.64. The minimum absolute atomic E-state index is 0.0810. The van der Waals surface area contributed by atoms with E-state index in [1.54, 1.807) is 6.20 Å². The van der Waals surface area contributed by atoms with Gasteiger partial charge in [-0.15, -0.1) is 0 Å². The summed E-state index contributed by atoms with van der Waals surface area (Å²) in [5.41, 5.74) is 0.0810. The molecule has 0 radical (unpaired) electrons. The Balaban J connectivity index is 2.77. The number of halogens is 1. The fourth-order valence-electron chi connectivity index (χ4n) is 1.14. The summed E-state index contributed by atoms with van der Waals surface area (Å²) in [7, 11) is 0. The van der Waals surface area contributed by atoms with E-state index in [1.165, 1.54) is 0 Å². The van der Waals surface area contributed by atoms with Crippen molar-refractivity contribution in [3.05, 3.63) is 17.5 Å². The van der Waals surface area contributed by atoms with Crippen LogP contribution in [-0.2, 0) is 0 Å². The fraction of sp³-hybridized carbons (Fsp3) is 0.600. The van der Waals surface area contributed by atoms with Gasteiger partial charge in [0.1, 0.15) is 5.82 Å². The maximum Gasteiger partial charge on any atom is 0.224 e. The number of anilines is 1. The van der Waals surface area contributed by atoms with Crippen LogP contribution in [0.5, 0.6) is 0 Å². The van der Waals surface area contributed by atoms with E-state index in [4.69, 9.17) is 11.6 Å². The third kappa shape index (κ3) is 2.84. The Morgan fingerprint density at radius 1 is 1.43 bits per heavy atom. The predicted molar refractivity (Wildman–Crippen MR) is 59.7 cm³/mol. The number of rotatable bonds is 4. The third-order valence-corrected chi connectivity index (χ3v) is 2.80. The van der Waals surface area contributed by atoms with E-state index in [2.05, 4.69) is 36.1 Å². The van der Waals surface area contributed by atoms with Crippen LogP contribution in [-0.4, -0.2) is 15.5 Å². The van der Waals surface area contributed by atoms with Crippen molar-refractivity contribution in [2.24, 2.45) is 0 Å². The van der Waals surface area contributed by atoms with Gasteiger partial charge >= 0.3 is 0 Å². The van der Waals surface area contributed by atoms with Crippen molar-refractivity contribution in [3.63, 3.8) is 0 Å². The zero-order valence-corrected chi connectivity index (χ0v) is 9.60. The molecular formula is C10H16ClN3. The van der Waals surface area contributed by atoms with E-state index in [-0.39, 0.29) is 10.8 Å². The van der Waals surface area contributed by atoms with Crippen molar-refractivity contribution < 1.29 is 0 Å². The summed E-state index contributed by atoms with van der Waals surface area (Å²) >= 11 is 5.70. The highest BCUT2D eigenvalue weighted by atomic mass is 35.5. The zero-order chi connectivity index (χ0) is 10.6. The number of hydrogen-bond donors (Lipinski definition) is 1. The first-order valence-electron chi connectivity index (χ1n) is 4.86. The molecule has 78 valence electrons. The Labute approximate surface area is 89.9 Å². The third-order valence-electron chi connectivity index (χ3n) is 2.62. The molecule has 0 unspecified atom stereocenters. The number of hydrogen-bond acceptors (Lipinski definition) is 3. The summed E-state index contributed by atoms with van der Waals surface area (Å²) in [4.78, 5) is 7.93. The molecule has 0 atom stereocenters. The standard InChI is InChI=1S/C10H16ClN3/c1-4-10(3,5-2)14-8-6-7-12-9(11)13-8/h6-7H,4-5H2,1-3H3,(H,12,13,14). The summed E-state index contributed by atoms with van der Waals surface area (Å²) in [5.74, 6) is 0.788. The fourth-order valence-corrected chi connectivity index (χ4v) is 1.29. The van der Waals surface area contributed by atoms with E-state index in [1.807, 2.05) is 6.07 Å². The molecule has 0 saturated carbocycles. The van der Waals surface area contributed by atoms with Crippen LogP contribution in [0.25, 0.3) is 0 Å². The lowest BCUT2D eigenvalue weighted by Crippen LogP contribution is -2.33. The highest BCUT2D eigenvalue weighted by molar-refractivity contribution is 6.28. The van der Waals surface area contributed by atoms with E-state index in [0.29, 0.717) is 0 Å². The molecule has 4 heteroatoms. The van der Waals surface area contributed by atoms with E-state index in [0.717, 1.165) is 18.7 Å². The van der Waals surface area contributed by atoms with Crippen molar-refractivity contribution in [1.29, 1.82) is 0 Å². The van der Waals surface area contributed by atoms with Crippen molar-refractivity contribution in [3.8, 4) is 0 Å². The van der Waals surface area contributed by atoms with Gasteiger partial charge in [0.2, 0.25) is 5.28 Å². The van der Waals surface area contributed by atoms with Crippen LogP contribution in [0.2, 0.25) is 5.28 Å². The first-order chi connectivity index (χ1) is 6.59. The van der Waals surface area contributed by atoms with Crippen molar-refractivity contribution in [1.82, 2.24) is 9.97 Å². The van der Waals surface area contributed by atoms with Crippen LogP contribution in [0.3, 0.4) is 0 Å². The van der Waals surface area contributed by atoms with Crippen LogP contribution in [0.4, 0.5) is 5.82 Å². The Kier molecular flexibility index (Phi) is 3.69. The second-order valence-electron chi connectivity index (χ2n) is 3.60. The van der Waals surface area contributed by atoms with Crippen molar-refractivity contribution >= 4 is 17.4 Å². The molecule has 0 aliphatic rings. The first kappa shape index (κ1) is 11.2. The Morgan fingerprint density at radius 2 is 2.07 bits per heavy atom. The highest BCUT2D eigenvalue weighted by Gasteiger charge is 2.19. The van der Waals surface area contributed by atoms with Gasteiger partial charge in [0, 0.05) is 11.7 Å². The molecule has 1 heterocycles. The van der Waals surface area contributed by atoms with E-state index >= 15 is 0 Å². The van der Waals surface area contributed by atoms with Gasteiger partial charge in [-0.3, -0.25) is 0 Å². The number of nitrogens with one attached hydrogen (secondary N) is 1. The lowest BCUT2D eigenvalue weighted by atomic mass is 9.96. The van der Waals surface area contributed by atoms with Gasteiger partial charge in [0.15, 0.2) is 0 Å².